The Balaban J connectivity index is 0. The fourth-order valence-corrected chi connectivity index (χ4v) is 0. The zero-order valence-electron chi connectivity index (χ0n) is 6.06. The molecule has 2 nitrogen and oxygen atoms in total. The molecular weight excluding hydrogens is 159 g/mol. The third kappa shape index (κ3) is 57.5. The van der Waals surface area contributed by atoms with Crippen LogP contribution in [0.4, 0.5) is 0 Å². The van der Waals surface area contributed by atoms with Crippen LogP contribution in [0.3, 0.4) is 0 Å². The lowest BCUT2D eigenvalue weighted by atomic mass is 10.8. The third-order valence-corrected chi connectivity index (χ3v) is 0.792. The molecule has 0 aliphatic carbocycles. The molecule has 0 fully saturated rings. The summed E-state index contributed by atoms with van der Waals surface area (Å²) in [6.07, 6.45) is 0. The molecule has 9 heavy (non-hydrogen) atoms. The quantitative estimate of drug-likeness (QED) is 0.472. The van der Waals surface area contributed by atoms with Gasteiger partial charge in [-0.3, -0.25) is 0 Å². The molecule has 0 aromatic carbocycles. The van der Waals surface area contributed by atoms with Crippen LogP contribution in [0.5, 0.6) is 0 Å². The highest BCUT2D eigenvalue weighted by molar-refractivity contribution is 6.27. The highest BCUT2D eigenvalue weighted by Gasteiger charge is 1.85. The third-order valence-electron chi connectivity index (χ3n) is 0.147. The minimum atomic E-state index is -0.378. The van der Waals surface area contributed by atoms with E-state index in [4.69, 9.17) is 28.9 Å². The van der Waals surface area contributed by atoms with Gasteiger partial charge in [-0.1, -0.05) is 0 Å². The van der Waals surface area contributed by atoms with Crippen LogP contribution in [0.1, 0.15) is 0 Å². The Kier molecular flexibility index (Phi) is 11.5. The lowest BCUT2D eigenvalue weighted by Crippen LogP contribution is -2.12. The summed E-state index contributed by atoms with van der Waals surface area (Å²) in [5.41, 5.74) is 4.55. The van der Waals surface area contributed by atoms with Crippen molar-refractivity contribution in [3.05, 3.63) is 0 Å². The van der Waals surface area contributed by atoms with Crippen LogP contribution in [0.15, 0.2) is 0 Å². The zero-order valence-corrected chi connectivity index (χ0v) is 7.58. The number of nitrogens with two attached hydrogens (primary N) is 1. The monoisotopic (exact) mass is 172 g/mol. The molecule has 0 rings (SSSR count). The molecule has 1 unspecified atom stereocenters. The summed E-state index contributed by atoms with van der Waals surface area (Å²) in [5, 5.41) is 0. The Morgan fingerprint density at radius 2 is 1.56 bits per heavy atom. The van der Waals surface area contributed by atoms with Gasteiger partial charge >= 0.3 is 0 Å². The summed E-state index contributed by atoms with van der Waals surface area (Å²) in [6.45, 7) is 0. The number of alkyl halides is 2. The van der Waals surface area contributed by atoms with Crippen LogP contribution in [-0.4, -0.2) is 37.4 Å². The van der Waals surface area contributed by atoms with E-state index in [1.165, 1.54) is 0 Å². The molecule has 0 aliphatic heterocycles. The summed E-state index contributed by atoms with van der Waals surface area (Å²) in [5.74, 6) is 0.321. The number of halogens is 2. The van der Waals surface area contributed by atoms with Crippen LogP contribution in [-0.2, 0) is 0 Å². The number of nitrogens with zero attached hydrogens (tertiary/aromatic N) is 1. The summed E-state index contributed by atoms with van der Waals surface area (Å²) in [7, 11) is 6.00. The summed E-state index contributed by atoms with van der Waals surface area (Å²) in [6, 6.07) is 0. The zero-order chi connectivity index (χ0) is 7.86. The van der Waals surface area contributed by atoms with E-state index < -0.39 is 0 Å². The first-order chi connectivity index (χ1) is 4.00. The smallest absolute Gasteiger partial charge is 0.0937 e. The second-order valence-corrected chi connectivity index (χ2v) is 2.88. The van der Waals surface area contributed by atoms with Crippen molar-refractivity contribution in [1.29, 1.82) is 0 Å². The Labute approximate surface area is 66.9 Å². The average molecular weight is 173 g/mol. The van der Waals surface area contributed by atoms with Gasteiger partial charge in [-0.05, 0) is 21.1 Å². The summed E-state index contributed by atoms with van der Waals surface area (Å²) in [4.78, 5) is 2.00. The van der Waals surface area contributed by atoms with E-state index >= 15 is 0 Å². The molecule has 0 bridgehead atoms. The van der Waals surface area contributed by atoms with E-state index in [-0.39, 0.29) is 5.50 Å². The van der Waals surface area contributed by atoms with Crippen molar-refractivity contribution in [2.24, 2.45) is 5.73 Å². The van der Waals surface area contributed by atoms with E-state index in [0.717, 1.165) is 0 Å². The van der Waals surface area contributed by atoms with E-state index in [2.05, 4.69) is 0 Å². The molecule has 0 saturated heterocycles. The largest absolute Gasteiger partial charge is 0.314 e. The van der Waals surface area contributed by atoms with Gasteiger partial charge in [0, 0.05) is 0 Å². The molecule has 0 aromatic heterocycles. The van der Waals surface area contributed by atoms with Crippen molar-refractivity contribution in [1.82, 2.24) is 4.90 Å². The predicted octanol–water partition coefficient (Wildman–Crippen LogP) is 0.927. The van der Waals surface area contributed by atoms with Crippen molar-refractivity contribution in [3.63, 3.8) is 0 Å². The Bertz CT molecular complexity index is 45.5. The van der Waals surface area contributed by atoms with Gasteiger partial charge in [-0.25, -0.2) is 0 Å². The molecule has 0 aromatic rings. The van der Waals surface area contributed by atoms with Crippen LogP contribution >= 0.6 is 23.2 Å². The van der Waals surface area contributed by atoms with Gasteiger partial charge < -0.3 is 10.6 Å². The van der Waals surface area contributed by atoms with Crippen LogP contribution in [0, 0.1) is 0 Å². The minimum absolute atomic E-state index is 0.321. The van der Waals surface area contributed by atoms with E-state index in [1.54, 1.807) is 0 Å². The van der Waals surface area contributed by atoms with Crippen molar-refractivity contribution in [2.45, 2.75) is 5.50 Å². The molecule has 0 radical (unpaired) electrons. The van der Waals surface area contributed by atoms with Gasteiger partial charge in [-0.15, -0.1) is 23.2 Å². The molecule has 0 saturated carbocycles. The normalized spacial score (nSPS) is 12.3. The molecular formula is C5H14Cl2N2. The van der Waals surface area contributed by atoms with Gasteiger partial charge in [-0.2, -0.15) is 0 Å². The SMILES string of the molecule is CN(C)C.NC(Cl)CCl. The Morgan fingerprint density at radius 1 is 1.44 bits per heavy atom. The molecule has 2 N–H and O–H groups in total. The lowest BCUT2D eigenvalue weighted by Gasteiger charge is -1.90. The van der Waals surface area contributed by atoms with E-state index in [0.29, 0.717) is 5.88 Å². The van der Waals surface area contributed by atoms with Gasteiger partial charge in [0.05, 0.1) is 11.4 Å². The fourth-order valence-electron chi connectivity index (χ4n) is 0. The number of hydrogen-bond donors (Lipinski definition) is 1. The van der Waals surface area contributed by atoms with Crippen molar-refractivity contribution in [2.75, 3.05) is 27.0 Å². The predicted molar refractivity (Wildman–Crippen MR) is 44.2 cm³/mol. The topological polar surface area (TPSA) is 29.3 Å². The summed E-state index contributed by atoms with van der Waals surface area (Å²) >= 11 is 10.2. The molecule has 0 heterocycles. The first-order valence-electron chi connectivity index (χ1n) is 2.57. The molecule has 0 spiro atoms. The number of rotatable bonds is 1. The molecule has 0 aliphatic rings. The van der Waals surface area contributed by atoms with Gasteiger partial charge in [0.15, 0.2) is 0 Å². The highest BCUT2D eigenvalue weighted by atomic mass is 35.5. The minimum Gasteiger partial charge on any atom is -0.314 e. The second-order valence-electron chi connectivity index (χ2n) is 2.01. The first-order valence-corrected chi connectivity index (χ1v) is 3.54. The maximum absolute atomic E-state index is 5.11. The van der Waals surface area contributed by atoms with Crippen LogP contribution < -0.4 is 5.73 Å². The van der Waals surface area contributed by atoms with Gasteiger partial charge in [0.1, 0.15) is 0 Å². The Hall–Kier alpha value is 0.500. The lowest BCUT2D eigenvalue weighted by molar-refractivity contribution is 0.505. The fraction of sp³-hybridized carbons (Fsp3) is 1.00. The maximum atomic E-state index is 5.11. The van der Waals surface area contributed by atoms with Gasteiger partial charge in [0.2, 0.25) is 0 Å². The summed E-state index contributed by atoms with van der Waals surface area (Å²) < 4.78 is 0. The van der Waals surface area contributed by atoms with Crippen LogP contribution in [0.25, 0.3) is 0 Å². The second kappa shape index (κ2) is 8.50. The highest BCUT2D eigenvalue weighted by Crippen LogP contribution is 1.85. The molecule has 0 amide bonds. The molecule has 58 valence electrons. The molecule has 4 heteroatoms. The van der Waals surface area contributed by atoms with Crippen LogP contribution in [0.2, 0.25) is 0 Å². The standard InChI is InChI=1S/C3H9N.C2H5Cl2N/c1-4(2)3;3-1-2(4)5/h1-3H3;2H,1,5H2. The van der Waals surface area contributed by atoms with E-state index in [9.17, 15) is 0 Å². The first kappa shape index (κ1) is 12.2. The Morgan fingerprint density at radius 3 is 1.56 bits per heavy atom. The van der Waals surface area contributed by atoms with Crippen molar-refractivity contribution < 1.29 is 0 Å². The van der Waals surface area contributed by atoms with Crippen molar-refractivity contribution in [3.8, 4) is 0 Å². The van der Waals surface area contributed by atoms with Gasteiger partial charge in [0.25, 0.3) is 0 Å². The average Bonchev–Trinajstić information content (AvgIpc) is 1.65. The van der Waals surface area contributed by atoms with Crippen molar-refractivity contribution >= 4 is 23.2 Å². The maximum Gasteiger partial charge on any atom is 0.0937 e. The van der Waals surface area contributed by atoms with E-state index in [1.807, 2.05) is 26.0 Å². The number of hydrogen-bond acceptors (Lipinski definition) is 2. The molecule has 1 atom stereocenters.